The number of methoxy groups -OCH3 is 1. The highest BCUT2D eigenvalue weighted by atomic mass is 16.7. The van der Waals surface area contributed by atoms with Gasteiger partial charge in [-0.25, -0.2) is 15.0 Å². The first-order valence-corrected chi connectivity index (χ1v) is 13.5. The number of piperidine rings is 1. The third-order valence-electron chi connectivity index (χ3n) is 8.61. The molecule has 8 heteroatoms. The second-order valence-corrected chi connectivity index (χ2v) is 10.9. The lowest BCUT2D eigenvalue weighted by molar-refractivity contribution is 0.174. The Morgan fingerprint density at radius 2 is 1.77 bits per heavy atom. The maximum absolute atomic E-state index is 5.61. The van der Waals surface area contributed by atoms with E-state index in [4.69, 9.17) is 24.2 Å². The number of aliphatic imine (C=N–C) groups is 1. The van der Waals surface area contributed by atoms with Crippen LogP contribution < -0.4 is 19.1 Å². The summed E-state index contributed by atoms with van der Waals surface area (Å²) >= 11 is 0. The largest absolute Gasteiger partial charge is 0.481 e. The highest BCUT2D eigenvalue weighted by molar-refractivity contribution is 6.03. The molecule has 5 heterocycles. The SMILES string of the molecule is COc1ccc(C2=Cc3c(ncnc3N3CCC(C)(C4=NC(C)=C(c5ccc6c(c5)OCO6)C4)CC3)C2)cn1. The normalized spacial score (nSPS) is 19.2. The Kier molecular flexibility index (Phi) is 5.65. The second-order valence-electron chi connectivity index (χ2n) is 10.9. The van der Waals surface area contributed by atoms with Gasteiger partial charge in [-0.2, -0.15) is 0 Å². The van der Waals surface area contributed by atoms with Crippen molar-refractivity contribution >= 4 is 28.8 Å². The van der Waals surface area contributed by atoms with Gasteiger partial charge in [0.2, 0.25) is 12.7 Å². The molecule has 198 valence electrons. The van der Waals surface area contributed by atoms with Crippen LogP contribution in [0.2, 0.25) is 0 Å². The van der Waals surface area contributed by atoms with E-state index in [1.54, 1.807) is 13.4 Å². The Labute approximate surface area is 228 Å². The van der Waals surface area contributed by atoms with E-state index in [-0.39, 0.29) is 5.41 Å². The summed E-state index contributed by atoms with van der Waals surface area (Å²) in [6.07, 6.45) is 9.54. The van der Waals surface area contributed by atoms with Gasteiger partial charge in [0.1, 0.15) is 12.1 Å². The molecular formula is C31H31N5O3. The quantitative estimate of drug-likeness (QED) is 0.433. The highest BCUT2D eigenvalue weighted by Crippen LogP contribution is 2.44. The van der Waals surface area contributed by atoms with Crippen LogP contribution >= 0.6 is 0 Å². The van der Waals surface area contributed by atoms with Crippen molar-refractivity contribution in [1.82, 2.24) is 15.0 Å². The molecule has 0 unspecified atom stereocenters. The summed E-state index contributed by atoms with van der Waals surface area (Å²) in [5.74, 6) is 3.28. The average Bonchev–Trinajstić information content (AvgIpc) is 3.71. The zero-order valence-electron chi connectivity index (χ0n) is 22.5. The molecule has 4 aliphatic rings. The number of aromatic nitrogens is 3. The van der Waals surface area contributed by atoms with E-state index in [0.717, 1.165) is 78.6 Å². The molecule has 3 aromatic rings. The molecule has 0 radical (unpaired) electrons. The number of pyridine rings is 1. The second kappa shape index (κ2) is 9.22. The lowest BCUT2D eigenvalue weighted by Gasteiger charge is -2.40. The van der Waals surface area contributed by atoms with Gasteiger partial charge in [-0.15, -0.1) is 0 Å². The maximum atomic E-state index is 5.61. The van der Waals surface area contributed by atoms with Crippen molar-refractivity contribution in [1.29, 1.82) is 0 Å². The first kappa shape index (κ1) is 23.9. The van der Waals surface area contributed by atoms with Gasteiger partial charge in [0.15, 0.2) is 11.5 Å². The molecule has 3 aliphatic heterocycles. The molecular weight excluding hydrogens is 490 g/mol. The summed E-state index contributed by atoms with van der Waals surface area (Å²) < 4.78 is 16.3. The Hall–Kier alpha value is -4.20. The first-order valence-electron chi connectivity index (χ1n) is 13.5. The van der Waals surface area contributed by atoms with Crippen LogP contribution in [0.4, 0.5) is 5.82 Å². The van der Waals surface area contributed by atoms with Crippen LogP contribution in [-0.4, -0.2) is 47.7 Å². The Morgan fingerprint density at radius 1 is 0.949 bits per heavy atom. The zero-order valence-corrected chi connectivity index (χ0v) is 22.5. The molecule has 0 atom stereocenters. The lowest BCUT2D eigenvalue weighted by atomic mass is 9.74. The van der Waals surface area contributed by atoms with E-state index in [9.17, 15) is 0 Å². The van der Waals surface area contributed by atoms with Crippen LogP contribution in [0.5, 0.6) is 17.4 Å². The predicted molar refractivity (Wildman–Crippen MR) is 151 cm³/mol. The number of benzene rings is 1. The van der Waals surface area contributed by atoms with Gasteiger partial charge < -0.3 is 19.1 Å². The molecule has 0 spiro atoms. The van der Waals surface area contributed by atoms with Gasteiger partial charge in [0.05, 0.1) is 12.8 Å². The van der Waals surface area contributed by atoms with Crippen molar-refractivity contribution in [2.24, 2.45) is 10.4 Å². The number of nitrogens with zero attached hydrogens (tertiary/aromatic N) is 5. The monoisotopic (exact) mass is 521 g/mol. The third-order valence-corrected chi connectivity index (χ3v) is 8.61. The molecule has 0 bridgehead atoms. The van der Waals surface area contributed by atoms with Crippen LogP contribution in [0, 0.1) is 5.41 Å². The third kappa shape index (κ3) is 4.15. The molecule has 0 N–H and O–H groups in total. The number of allylic oxidation sites excluding steroid dienone is 3. The predicted octanol–water partition coefficient (Wildman–Crippen LogP) is 5.59. The van der Waals surface area contributed by atoms with Crippen LogP contribution in [0.3, 0.4) is 0 Å². The molecule has 2 aromatic heterocycles. The minimum Gasteiger partial charge on any atom is -0.481 e. The number of ether oxygens (including phenoxy) is 3. The molecule has 8 nitrogen and oxygen atoms in total. The number of fused-ring (bicyclic) bond motifs is 2. The fourth-order valence-corrected chi connectivity index (χ4v) is 6.09. The number of hydrogen-bond donors (Lipinski definition) is 0. The summed E-state index contributed by atoms with van der Waals surface area (Å²) in [7, 11) is 1.63. The number of hydrogen-bond acceptors (Lipinski definition) is 8. The van der Waals surface area contributed by atoms with Crippen LogP contribution in [-0.2, 0) is 6.42 Å². The highest BCUT2D eigenvalue weighted by Gasteiger charge is 2.38. The minimum absolute atomic E-state index is 0.0574. The van der Waals surface area contributed by atoms with Crippen molar-refractivity contribution < 1.29 is 14.2 Å². The number of rotatable bonds is 5. The summed E-state index contributed by atoms with van der Waals surface area (Å²) in [6.45, 7) is 6.66. The average molecular weight is 522 g/mol. The summed E-state index contributed by atoms with van der Waals surface area (Å²) in [5.41, 5.74) is 9.41. The topological polar surface area (TPSA) is 82.0 Å². The van der Waals surface area contributed by atoms with Gasteiger partial charge in [-0.1, -0.05) is 13.0 Å². The minimum atomic E-state index is 0.0574. The van der Waals surface area contributed by atoms with Crippen molar-refractivity contribution in [2.45, 2.75) is 39.5 Å². The molecule has 1 fully saturated rings. The fourth-order valence-electron chi connectivity index (χ4n) is 6.09. The van der Waals surface area contributed by atoms with Crippen molar-refractivity contribution in [3.8, 4) is 17.4 Å². The van der Waals surface area contributed by atoms with Gasteiger partial charge in [-0.05, 0) is 66.3 Å². The van der Waals surface area contributed by atoms with Crippen molar-refractivity contribution in [3.05, 3.63) is 70.9 Å². The molecule has 39 heavy (non-hydrogen) atoms. The van der Waals surface area contributed by atoms with E-state index >= 15 is 0 Å². The summed E-state index contributed by atoms with van der Waals surface area (Å²) in [6, 6.07) is 10.2. The standard InChI is InChI=1S/C31H31N5O3/c1-19-23(20-4-6-26-27(14-20)39-18-38-26)15-28(35-19)31(2)8-10-36(11-9-31)30-24-12-22(13-25(24)33-17-34-30)21-5-7-29(37-3)32-16-21/h4-7,12,14,16-17H,8-11,13,15,18H2,1-3H3. The van der Waals surface area contributed by atoms with E-state index in [1.807, 2.05) is 18.3 Å². The van der Waals surface area contributed by atoms with Gasteiger partial charge in [0.25, 0.3) is 0 Å². The molecule has 1 aliphatic carbocycles. The van der Waals surface area contributed by atoms with Crippen LogP contribution in [0.1, 0.15) is 55.5 Å². The molecule has 7 rings (SSSR count). The van der Waals surface area contributed by atoms with E-state index in [2.05, 4.69) is 53.0 Å². The molecule has 1 aromatic carbocycles. The van der Waals surface area contributed by atoms with Crippen molar-refractivity contribution in [2.75, 3.05) is 31.9 Å². The van der Waals surface area contributed by atoms with E-state index in [1.165, 1.54) is 22.4 Å². The van der Waals surface area contributed by atoms with E-state index < -0.39 is 0 Å². The van der Waals surface area contributed by atoms with Crippen LogP contribution in [0.15, 0.2) is 53.5 Å². The summed E-state index contributed by atoms with van der Waals surface area (Å²) in [4.78, 5) is 21.2. The number of anilines is 1. The molecule has 1 saturated heterocycles. The smallest absolute Gasteiger partial charge is 0.231 e. The first-order chi connectivity index (χ1) is 19.0. The Balaban J connectivity index is 1.06. The van der Waals surface area contributed by atoms with Gasteiger partial charge in [0, 0.05) is 60.6 Å². The zero-order chi connectivity index (χ0) is 26.6. The van der Waals surface area contributed by atoms with Crippen molar-refractivity contribution in [3.63, 3.8) is 0 Å². The summed E-state index contributed by atoms with van der Waals surface area (Å²) in [5, 5.41) is 0. The fraction of sp³-hybridized carbons (Fsp3) is 0.355. The van der Waals surface area contributed by atoms with Crippen LogP contribution in [0.25, 0.3) is 17.2 Å². The maximum Gasteiger partial charge on any atom is 0.231 e. The Bertz CT molecular complexity index is 1550. The molecule has 0 saturated carbocycles. The lowest BCUT2D eigenvalue weighted by Crippen LogP contribution is -2.43. The van der Waals surface area contributed by atoms with E-state index in [0.29, 0.717) is 12.7 Å². The van der Waals surface area contributed by atoms with Gasteiger partial charge in [-0.3, -0.25) is 4.99 Å². The Morgan fingerprint density at radius 3 is 2.56 bits per heavy atom. The van der Waals surface area contributed by atoms with Gasteiger partial charge >= 0.3 is 0 Å². The molecule has 0 amide bonds.